The van der Waals surface area contributed by atoms with E-state index in [9.17, 15) is 9.90 Å². The number of anilines is 1. The number of benzene rings is 2. The van der Waals surface area contributed by atoms with E-state index >= 15 is 0 Å². The van der Waals surface area contributed by atoms with Crippen LogP contribution in [-0.4, -0.2) is 16.2 Å². The van der Waals surface area contributed by atoms with Gasteiger partial charge in [-0.1, -0.05) is 34.4 Å². The minimum absolute atomic E-state index is 0.0777. The Morgan fingerprint density at radius 3 is 2.71 bits per heavy atom. The van der Waals surface area contributed by atoms with Crippen LogP contribution in [0.5, 0.6) is 5.75 Å². The topological polar surface area (TPSA) is 75.4 Å². The van der Waals surface area contributed by atoms with Gasteiger partial charge in [-0.3, -0.25) is 4.79 Å². The van der Waals surface area contributed by atoms with E-state index in [1.807, 2.05) is 13.0 Å². The molecule has 0 aliphatic carbocycles. The van der Waals surface area contributed by atoms with Crippen molar-refractivity contribution in [3.8, 4) is 17.1 Å². The summed E-state index contributed by atoms with van der Waals surface area (Å²) in [6.07, 6.45) is 0. The number of phenolic OH excluding ortho intramolecular Hbond substituents is 1. The number of rotatable bonds is 3. The first kappa shape index (κ1) is 16.4. The van der Waals surface area contributed by atoms with Crippen molar-refractivity contribution in [3.63, 3.8) is 0 Å². The molecule has 2 aromatic carbocycles. The van der Waals surface area contributed by atoms with Gasteiger partial charge in [-0.2, -0.15) is 0 Å². The first-order valence-corrected chi connectivity index (χ1v) is 7.73. The maximum atomic E-state index is 12.3. The minimum atomic E-state index is -0.423. The van der Waals surface area contributed by atoms with Crippen LogP contribution in [0.3, 0.4) is 0 Å². The van der Waals surface area contributed by atoms with E-state index in [2.05, 4.69) is 10.5 Å². The number of carbonyl (C=O) groups excluding carboxylic acids is 1. The highest BCUT2D eigenvalue weighted by molar-refractivity contribution is 6.32. The van der Waals surface area contributed by atoms with Crippen molar-refractivity contribution in [1.29, 1.82) is 0 Å². The second-order valence-corrected chi connectivity index (χ2v) is 6.00. The highest BCUT2D eigenvalue weighted by Gasteiger charge is 2.15. The van der Waals surface area contributed by atoms with Crippen LogP contribution < -0.4 is 5.32 Å². The number of hydrogen-bond donors (Lipinski definition) is 2. The van der Waals surface area contributed by atoms with Crippen LogP contribution >= 0.6 is 23.2 Å². The summed E-state index contributed by atoms with van der Waals surface area (Å²) in [6, 6.07) is 11.3. The number of halogens is 2. The van der Waals surface area contributed by atoms with Gasteiger partial charge in [-0.05, 0) is 42.8 Å². The molecule has 0 unspecified atom stereocenters. The zero-order valence-electron chi connectivity index (χ0n) is 12.5. The summed E-state index contributed by atoms with van der Waals surface area (Å²) < 4.78 is 5.17. The molecule has 122 valence electrons. The summed E-state index contributed by atoms with van der Waals surface area (Å²) in [5.74, 6) is -0.158. The predicted molar refractivity (Wildman–Crippen MR) is 92.8 cm³/mol. The molecule has 2 N–H and O–H groups in total. The smallest absolute Gasteiger partial charge is 0.277 e. The van der Waals surface area contributed by atoms with Gasteiger partial charge in [0.1, 0.15) is 5.75 Å². The van der Waals surface area contributed by atoms with Crippen molar-refractivity contribution in [2.45, 2.75) is 6.92 Å². The van der Waals surface area contributed by atoms with Crippen LogP contribution in [0.4, 0.5) is 5.69 Å². The third-order valence-electron chi connectivity index (χ3n) is 3.42. The van der Waals surface area contributed by atoms with Crippen LogP contribution in [0, 0.1) is 6.92 Å². The first-order chi connectivity index (χ1) is 11.4. The molecule has 5 nitrogen and oxygen atoms in total. The summed E-state index contributed by atoms with van der Waals surface area (Å²) in [4.78, 5) is 12.3. The quantitative estimate of drug-likeness (QED) is 0.693. The first-order valence-electron chi connectivity index (χ1n) is 6.97. The molecule has 0 bridgehead atoms. The Balaban J connectivity index is 1.83. The van der Waals surface area contributed by atoms with Gasteiger partial charge in [-0.15, -0.1) is 0 Å². The number of nitrogens with one attached hydrogen (secondary N) is 1. The molecule has 0 saturated carbocycles. The molecule has 0 saturated heterocycles. The molecule has 0 aliphatic rings. The molecule has 3 aromatic rings. The lowest BCUT2D eigenvalue weighted by Crippen LogP contribution is -2.13. The lowest BCUT2D eigenvalue weighted by molar-refractivity contribution is 0.101. The Bertz CT molecular complexity index is 922. The van der Waals surface area contributed by atoms with Crippen molar-refractivity contribution >= 4 is 34.8 Å². The van der Waals surface area contributed by atoms with Gasteiger partial charge in [0.05, 0.1) is 5.02 Å². The highest BCUT2D eigenvalue weighted by Crippen LogP contribution is 2.30. The lowest BCUT2D eigenvalue weighted by atomic mass is 10.1. The Morgan fingerprint density at radius 2 is 1.96 bits per heavy atom. The van der Waals surface area contributed by atoms with Crippen LogP contribution in [0.25, 0.3) is 11.3 Å². The number of aryl methyl sites for hydroxylation is 1. The normalized spacial score (nSPS) is 10.6. The van der Waals surface area contributed by atoms with Gasteiger partial charge in [0.25, 0.3) is 5.91 Å². The summed E-state index contributed by atoms with van der Waals surface area (Å²) in [5.41, 5.74) is 2.14. The van der Waals surface area contributed by atoms with E-state index in [0.29, 0.717) is 22.0 Å². The van der Waals surface area contributed by atoms with Crippen molar-refractivity contribution in [3.05, 3.63) is 63.8 Å². The van der Waals surface area contributed by atoms with E-state index in [-0.39, 0.29) is 16.5 Å². The second-order valence-electron chi connectivity index (χ2n) is 5.16. The second kappa shape index (κ2) is 6.55. The molecule has 1 amide bonds. The number of carbonyl (C=O) groups is 1. The average molecular weight is 363 g/mol. The zero-order chi connectivity index (χ0) is 17.3. The van der Waals surface area contributed by atoms with Gasteiger partial charge in [0, 0.05) is 22.3 Å². The van der Waals surface area contributed by atoms with E-state index in [4.69, 9.17) is 27.7 Å². The zero-order valence-corrected chi connectivity index (χ0v) is 14.0. The number of aromatic nitrogens is 1. The Morgan fingerprint density at radius 1 is 1.17 bits per heavy atom. The Hall–Kier alpha value is -2.50. The van der Waals surface area contributed by atoms with E-state index in [0.717, 1.165) is 5.56 Å². The van der Waals surface area contributed by atoms with Crippen molar-refractivity contribution in [2.75, 3.05) is 5.32 Å². The largest absolute Gasteiger partial charge is 0.506 e. The standard InChI is InChI=1S/C17H12Cl2N2O3/c1-9-2-4-11(18)7-13(9)20-17(23)14-8-16(24-21-14)10-3-5-12(19)15(22)6-10/h2-8,22H,1H3,(H,20,23). The Labute approximate surface area is 147 Å². The van der Waals surface area contributed by atoms with Crippen molar-refractivity contribution < 1.29 is 14.4 Å². The van der Waals surface area contributed by atoms with Crippen molar-refractivity contribution in [1.82, 2.24) is 5.16 Å². The van der Waals surface area contributed by atoms with Gasteiger partial charge in [-0.25, -0.2) is 0 Å². The number of amides is 1. The molecule has 1 aromatic heterocycles. The molecule has 24 heavy (non-hydrogen) atoms. The summed E-state index contributed by atoms with van der Waals surface area (Å²) in [5, 5.41) is 16.9. The fraction of sp³-hybridized carbons (Fsp3) is 0.0588. The molecule has 3 rings (SSSR count). The lowest BCUT2D eigenvalue weighted by Gasteiger charge is -2.06. The third kappa shape index (κ3) is 3.37. The molecule has 0 fully saturated rings. The molecule has 0 atom stereocenters. The number of nitrogens with zero attached hydrogens (tertiary/aromatic N) is 1. The molecular formula is C17H12Cl2N2O3. The number of aromatic hydroxyl groups is 1. The van der Waals surface area contributed by atoms with Gasteiger partial charge in [0.2, 0.25) is 0 Å². The predicted octanol–water partition coefficient (Wildman–Crippen LogP) is 4.91. The van der Waals surface area contributed by atoms with Gasteiger partial charge in [0.15, 0.2) is 11.5 Å². The SMILES string of the molecule is Cc1ccc(Cl)cc1NC(=O)c1cc(-c2ccc(Cl)c(O)c2)on1. The molecule has 0 spiro atoms. The van der Waals surface area contributed by atoms with Crippen LogP contribution in [-0.2, 0) is 0 Å². The van der Waals surface area contributed by atoms with Crippen LogP contribution in [0.1, 0.15) is 16.1 Å². The average Bonchev–Trinajstić information content (AvgIpc) is 3.03. The van der Waals surface area contributed by atoms with Crippen LogP contribution in [0.2, 0.25) is 10.0 Å². The summed E-state index contributed by atoms with van der Waals surface area (Å²) >= 11 is 11.7. The number of hydrogen-bond acceptors (Lipinski definition) is 4. The van der Waals surface area contributed by atoms with Crippen molar-refractivity contribution in [2.24, 2.45) is 0 Å². The van der Waals surface area contributed by atoms with Crippen LogP contribution in [0.15, 0.2) is 47.0 Å². The van der Waals surface area contributed by atoms with E-state index in [1.54, 1.807) is 18.2 Å². The summed E-state index contributed by atoms with van der Waals surface area (Å²) in [6.45, 7) is 1.86. The maximum absolute atomic E-state index is 12.3. The van der Waals surface area contributed by atoms with Gasteiger partial charge < -0.3 is 14.9 Å². The molecule has 1 heterocycles. The van der Waals surface area contributed by atoms with E-state index in [1.165, 1.54) is 18.2 Å². The fourth-order valence-electron chi connectivity index (χ4n) is 2.10. The summed E-state index contributed by atoms with van der Waals surface area (Å²) in [7, 11) is 0. The molecule has 7 heteroatoms. The third-order valence-corrected chi connectivity index (χ3v) is 3.98. The maximum Gasteiger partial charge on any atom is 0.277 e. The van der Waals surface area contributed by atoms with Gasteiger partial charge >= 0.3 is 0 Å². The Kier molecular flexibility index (Phi) is 4.46. The van der Waals surface area contributed by atoms with E-state index < -0.39 is 5.91 Å². The monoisotopic (exact) mass is 362 g/mol. The molecule has 0 aliphatic heterocycles. The molecular weight excluding hydrogens is 351 g/mol. The number of phenols is 1. The minimum Gasteiger partial charge on any atom is -0.506 e. The fourth-order valence-corrected chi connectivity index (χ4v) is 2.39. The highest BCUT2D eigenvalue weighted by atomic mass is 35.5. The molecule has 0 radical (unpaired) electrons.